The third kappa shape index (κ3) is 4.93. The molecule has 2 rings (SSSR count). The van der Waals surface area contributed by atoms with Gasteiger partial charge in [0.25, 0.3) is 0 Å². The van der Waals surface area contributed by atoms with E-state index in [1.165, 1.54) is 5.56 Å². The Hall–Kier alpha value is -1.17. The van der Waals surface area contributed by atoms with E-state index in [4.69, 9.17) is 0 Å². The first-order valence-electron chi connectivity index (χ1n) is 7.23. The Labute approximate surface area is 140 Å². The molecule has 0 aromatic heterocycles. The first-order chi connectivity index (χ1) is 10.4. The Morgan fingerprint density at radius 2 is 1.55 bits per heavy atom. The summed E-state index contributed by atoms with van der Waals surface area (Å²) in [5.74, 6) is -0.0162. The lowest BCUT2D eigenvalue weighted by atomic mass is 10.1. The van der Waals surface area contributed by atoms with Gasteiger partial charge in [-0.1, -0.05) is 59.3 Å². The number of sulfonamides is 1. The average Bonchev–Trinajstić information content (AvgIpc) is 2.49. The second-order valence-corrected chi connectivity index (χ2v) is 7.99. The molecule has 0 radical (unpaired) electrons. The average molecular weight is 382 g/mol. The number of rotatable bonds is 6. The molecule has 1 N–H and O–H groups in total. The highest BCUT2D eigenvalue weighted by molar-refractivity contribution is 9.10. The number of nitrogens with one attached hydrogen (secondary N) is 1. The second-order valence-electron chi connectivity index (χ2n) is 5.32. The molecule has 0 aliphatic rings. The molecule has 3 nitrogen and oxygen atoms in total. The molecule has 0 bridgehead atoms. The molecule has 0 amide bonds. The Morgan fingerprint density at radius 1 is 1.00 bits per heavy atom. The monoisotopic (exact) mass is 381 g/mol. The van der Waals surface area contributed by atoms with Gasteiger partial charge in [-0.15, -0.1) is 0 Å². The molecular formula is C17H20BrNO2S. The number of hydrogen-bond donors (Lipinski definition) is 1. The van der Waals surface area contributed by atoms with Gasteiger partial charge >= 0.3 is 0 Å². The zero-order chi connectivity index (χ0) is 16.2. The quantitative estimate of drug-likeness (QED) is 0.814. The van der Waals surface area contributed by atoms with Crippen LogP contribution in [0.3, 0.4) is 0 Å². The fourth-order valence-corrected chi connectivity index (χ4v) is 3.87. The minimum atomic E-state index is -3.38. The van der Waals surface area contributed by atoms with Crippen LogP contribution in [0.1, 0.15) is 36.6 Å². The zero-order valence-electron chi connectivity index (χ0n) is 12.7. The van der Waals surface area contributed by atoms with Gasteiger partial charge in [-0.2, -0.15) is 0 Å². The van der Waals surface area contributed by atoms with Crippen LogP contribution in [0.25, 0.3) is 0 Å². The summed E-state index contributed by atoms with van der Waals surface area (Å²) in [5, 5.41) is 0. The summed E-state index contributed by atoms with van der Waals surface area (Å²) in [6.07, 6.45) is 0.976. The third-order valence-electron chi connectivity index (χ3n) is 3.51. The van der Waals surface area contributed by atoms with Crippen LogP contribution in [0.5, 0.6) is 0 Å². The molecule has 0 saturated heterocycles. The van der Waals surface area contributed by atoms with Crippen molar-refractivity contribution in [1.82, 2.24) is 4.72 Å². The predicted molar refractivity (Wildman–Crippen MR) is 94.1 cm³/mol. The van der Waals surface area contributed by atoms with Crippen LogP contribution in [0.4, 0.5) is 0 Å². The van der Waals surface area contributed by atoms with E-state index in [0.29, 0.717) is 0 Å². The van der Waals surface area contributed by atoms with Gasteiger partial charge in [0, 0.05) is 10.5 Å². The number of hydrogen-bond acceptors (Lipinski definition) is 2. The van der Waals surface area contributed by atoms with Crippen molar-refractivity contribution in [3.63, 3.8) is 0 Å². The molecule has 0 fully saturated rings. The van der Waals surface area contributed by atoms with Crippen molar-refractivity contribution in [3.8, 4) is 0 Å². The molecule has 118 valence electrons. The number of benzene rings is 2. The molecule has 0 spiro atoms. The van der Waals surface area contributed by atoms with Crippen molar-refractivity contribution >= 4 is 26.0 Å². The van der Waals surface area contributed by atoms with Crippen LogP contribution < -0.4 is 4.72 Å². The van der Waals surface area contributed by atoms with Gasteiger partial charge in [0.15, 0.2) is 0 Å². The van der Waals surface area contributed by atoms with E-state index in [1.807, 2.05) is 55.5 Å². The lowest BCUT2D eigenvalue weighted by Gasteiger charge is -2.15. The maximum absolute atomic E-state index is 12.3. The molecule has 1 atom stereocenters. The van der Waals surface area contributed by atoms with E-state index in [0.717, 1.165) is 22.0 Å². The maximum Gasteiger partial charge on any atom is 0.216 e. The van der Waals surface area contributed by atoms with Crippen LogP contribution in [-0.4, -0.2) is 8.42 Å². The summed E-state index contributed by atoms with van der Waals surface area (Å²) in [4.78, 5) is 0. The standard InChI is InChI=1S/C17H20BrNO2S/c1-3-14-4-8-16(9-5-14)13(2)19-22(20,21)12-15-6-10-17(18)11-7-15/h4-11,13,19H,3,12H2,1-2H3. The van der Waals surface area contributed by atoms with Crippen molar-refractivity contribution in [1.29, 1.82) is 0 Å². The van der Waals surface area contributed by atoms with Gasteiger partial charge in [0.05, 0.1) is 5.75 Å². The van der Waals surface area contributed by atoms with E-state index < -0.39 is 10.0 Å². The van der Waals surface area contributed by atoms with Crippen molar-refractivity contribution in [3.05, 3.63) is 69.7 Å². The van der Waals surface area contributed by atoms with Gasteiger partial charge in [-0.25, -0.2) is 13.1 Å². The van der Waals surface area contributed by atoms with Gasteiger partial charge in [-0.05, 0) is 42.2 Å². The SMILES string of the molecule is CCc1ccc(C(C)NS(=O)(=O)Cc2ccc(Br)cc2)cc1. The summed E-state index contributed by atoms with van der Waals surface area (Å²) in [6.45, 7) is 3.96. The highest BCUT2D eigenvalue weighted by Crippen LogP contribution is 2.17. The second kappa shape index (κ2) is 7.40. The Bertz CT molecular complexity index is 709. The van der Waals surface area contributed by atoms with E-state index in [9.17, 15) is 8.42 Å². The first kappa shape index (κ1) is 17.2. The summed E-state index contributed by atoms with van der Waals surface area (Å²) < 4.78 is 28.2. The minimum Gasteiger partial charge on any atom is -0.212 e. The third-order valence-corrected chi connectivity index (χ3v) is 5.47. The molecule has 2 aromatic carbocycles. The molecule has 0 saturated carbocycles. The lowest BCUT2D eigenvalue weighted by molar-refractivity contribution is 0.566. The van der Waals surface area contributed by atoms with Gasteiger partial charge in [-0.3, -0.25) is 0 Å². The predicted octanol–water partition coefficient (Wildman–Crippen LogP) is 4.19. The number of aryl methyl sites for hydroxylation is 1. The molecule has 5 heteroatoms. The smallest absolute Gasteiger partial charge is 0.212 e. The molecular weight excluding hydrogens is 362 g/mol. The minimum absolute atomic E-state index is 0.0162. The van der Waals surface area contributed by atoms with Crippen LogP contribution >= 0.6 is 15.9 Å². The normalized spacial score (nSPS) is 13.0. The van der Waals surface area contributed by atoms with Crippen LogP contribution in [-0.2, 0) is 22.2 Å². The highest BCUT2D eigenvalue weighted by Gasteiger charge is 2.16. The van der Waals surface area contributed by atoms with E-state index in [1.54, 1.807) is 0 Å². The maximum atomic E-state index is 12.3. The number of halogens is 1. The topological polar surface area (TPSA) is 46.2 Å². The Morgan fingerprint density at radius 3 is 2.09 bits per heavy atom. The van der Waals surface area contributed by atoms with Crippen molar-refractivity contribution in [2.24, 2.45) is 0 Å². The van der Waals surface area contributed by atoms with E-state index in [2.05, 4.69) is 27.6 Å². The Balaban J connectivity index is 2.05. The van der Waals surface area contributed by atoms with Crippen molar-refractivity contribution in [2.75, 3.05) is 0 Å². The van der Waals surface area contributed by atoms with Gasteiger partial charge in [0.2, 0.25) is 10.0 Å². The molecule has 22 heavy (non-hydrogen) atoms. The largest absolute Gasteiger partial charge is 0.216 e. The summed E-state index contributed by atoms with van der Waals surface area (Å²) in [6, 6.07) is 15.1. The molecule has 2 aromatic rings. The van der Waals surface area contributed by atoms with Crippen molar-refractivity contribution in [2.45, 2.75) is 32.1 Å². The zero-order valence-corrected chi connectivity index (χ0v) is 15.1. The molecule has 0 aliphatic carbocycles. The van der Waals surface area contributed by atoms with Crippen LogP contribution in [0.2, 0.25) is 0 Å². The van der Waals surface area contributed by atoms with Crippen LogP contribution in [0, 0.1) is 0 Å². The fraction of sp³-hybridized carbons (Fsp3) is 0.294. The fourth-order valence-electron chi connectivity index (χ4n) is 2.22. The van der Waals surface area contributed by atoms with Crippen LogP contribution in [0.15, 0.2) is 53.0 Å². The lowest BCUT2D eigenvalue weighted by Crippen LogP contribution is -2.28. The molecule has 1 unspecified atom stereocenters. The summed E-state index contributed by atoms with van der Waals surface area (Å²) >= 11 is 3.34. The highest BCUT2D eigenvalue weighted by atomic mass is 79.9. The molecule has 0 aliphatic heterocycles. The Kier molecular flexibility index (Phi) is 5.78. The van der Waals surface area contributed by atoms with Gasteiger partial charge in [0.1, 0.15) is 0 Å². The van der Waals surface area contributed by atoms with E-state index >= 15 is 0 Å². The van der Waals surface area contributed by atoms with Crippen molar-refractivity contribution < 1.29 is 8.42 Å². The van der Waals surface area contributed by atoms with Gasteiger partial charge < -0.3 is 0 Å². The summed E-state index contributed by atoms with van der Waals surface area (Å²) in [5.41, 5.74) is 2.98. The molecule has 0 heterocycles. The van der Waals surface area contributed by atoms with E-state index in [-0.39, 0.29) is 11.8 Å². The first-order valence-corrected chi connectivity index (χ1v) is 9.67. The summed E-state index contributed by atoms with van der Waals surface area (Å²) in [7, 11) is -3.38.